The first-order valence-electron chi connectivity index (χ1n) is 6.91. The van der Waals surface area contributed by atoms with Crippen LogP contribution in [-0.2, 0) is 10.0 Å². The molecule has 10 heteroatoms. The van der Waals surface area contributed by atoms with Crippen LogP contribution in [0.2, 0.25) is 5.02 Å². The summed E-state index contributed by atoms with van der Waals surface area (Å²) in [5.41, 5.74) is 0.450. The Kier molecular flexibility index (Phi) is 4.46. The van der Waals surface area contributed by atoms with Crippen LogP contribution in [0.3, 0.4) is 0 Å². The van der Waals surface area contributed by atoms with E-state index in [0.717, 1.165) is 0 Å². The number of primary sulfonamides is 1. The minimum Gasteiger partial charge on any atom is -0.495 e. The molecule has 1 aliphatic heterocycles. The molecule has 132 valence electrons. The maximum absolute atomic E-state index is 12.4. The summed E-state index contributed by atoms with van der Waals surface area (Å²) in [6.07, 6.45) is 0. The van der Waals surface area contributed by atoms with E-state index in [1.807, 2.05) is 0 Å². The fraction of sp³-hybridized carbons (Fsp3) is 0.133. The number of ether oxygens (including phenoxy) is 3. The molecule has 3 rings (SSSR count). The first kappa shape index (κ1) is 17.3. The smallest absolute Gasteiger partial charge is 0.255 e. The Morgan fingerprint density at radius 2 is 2.04 bits per heavy atom. The number of carbonyl (C=O) groups excluding carboxylic acids is 1. The summed E-state index contributed by atoms with van der Waals surface area (Å²) >= 11 is 6.05. The van der Waals surface area contributed by atoms with Gasteiger partial charge in [-0.25, -0.2) is 13.6 Å². The number of nitrogens with two attached hydrogens (primary N) is 1. The minimum absolute atomic E-state index is 0.0241. The van der Waals surface area contributed by atoms with E-state index in [-0.39, 0.29) is 33.7 Å². The van der Waals surface area contributed by atoms with Crippen molar-refractivity contribution in [2.45, 2.75) is 4.90 Å². The van der Waals surface area contributed by atoms with Crippen LogP contribution in [-0.4, -0.2) is 28.2 Å². The zero-order valence-corrected chi connectivity index (χ0v) is 14.5. The zero-order chi connectivity index (χ0) is 18.2. The number of anilines is 1. The lowest BCUT2D eigenvalue weighted by Crippen LogP contribution is -2.16. The SMILES string of the molecule is COc1ccc(NC(=O)c2cc(Cl)c3c(c2)OCO3)cc1S(N)(=O)=O. The molecule has 0 aromatic heterocycles. The van der Waals surface area contributed by atoms with Gasteiger partial charge in [0, 0.05) is 11.3 Å². The van der Waals surface area contributed by atoms with Crippen LogP contribution in [0.25, 0.3) is 0 Å². The van der Waals surface area contributed by atoms with Gasteiger partial charge in [0.2, 0.25) is 16.8 Å². The Balaban J connectivity index is 1.90. The van der Waals surface area contributed by atoms with E-state index in [4.69, 9.17) is 31.0 Å². The van der Waals surface area contributed by atoms with Crippen LogP contribution < -0.4 is 24.7 Å². The van der Waals surface area contributed by atoms with Gasteiger partial charge in [0.25, 0.3) is 5.91 Å². The minimum atomic E-state index is -4.02. The summed E-state index contributed by atoms with van der Waals surface area (Å²) in [5, 5.41) is 7.96. The third-order valence-electron chi connectivity index (χ3n) is 3.42. The molecule has 0 saturated carbocycles. The molecule has 2 aromatic carbocycles. The van der Waals surface area contributed by atoms with E-state index in [2.05, 4.69) is 5.32 Å². The molecule has 3 N–H and O–H groups in total. The van der Waals surface area contributed by atoms with Crippen LogP contribution in [0.1, 0.15) is 10.4 Å². The van der Waals surface area contributed by atoms with Crippen LogP contribution >= 0.6 is 11.6 Å². The Hall–Kier alpha value is -2.49. The van der Waals surface area contributed by atoms with Crippen molar-refractivity contribution in [2.24, 2.45) is 5.14 Å². The molecule has 0 bridgehead atoms. The highest BCUT2D eigenvalue weighted by atomic mass is 35.5. The number of rotatable bonds is 4. The van der Waals surface area contributed by atoms with Crippen molar-refractivity contribution in [3.05, 3.63) is 40.9 Å². The highest BCUT2D eigenvalue weighted by molar-refractivity contribution is 7.89. The number of benzene rings is 2. The van der Waals surface area contributed by atoms with Crippen LogP contribution in [0.5, 0.6) is 17.2 Å². The Morgan fingerprint density at radius 1 is 1.28 bits per heavy atom. The van der Waals surface area contributed by atoms with E-state index < -0.39 is 15.9 Å². The molecule has 8 nitrogen and oxygen atoms in total. The van der Waals surface area contributed by atoms with Gasteiger partial charge in [-0.05, 0) is 30.3 Å². The number of hydrogen-bond donors (Lipinski definition) is 2. The van der Waals surface area contributed by atoms with Gasteiger partial charge in [-0.1, -0.05) is 11.6 Å². The predicted molar refractivity (Wildman–Crippen MR) is 89.9 cm³/mol. The molecular weight excluding hydrogens is 372 g/mol. The third kappa shape index (κ3) is 3.48. The molecule has 0 aliphatic carbocycles. The fourth-order valence-electron chi connectivity index (χ4n) is 2.28. The molecule has 2 aromatic rings. The summed E-state index contributed by atoms with van der Waals surface area (Å²) < 4.78 is 38.6. The number of carbonyl (C=O) groups is 1. The second kappa shape index (κ2) is 6.43. The van der Waals surface area contributed by atoms with E-state index in [0.29, 0.717) is 11.5 Å². The van der Waals surface area contributed by atoms with Gasteiger partial charge in [0.15, 0.2) is 11.5 Å². The number of methoxy groups -OCH3 is 1. The number of hydrogen-bond acceptors (Lipinski definition) is 6. The van der Waals surface area contributed by atoms with Crippen molar-refractivity contribution in [1.82, 2.24) is 0 Å². The van der Waals surface area contributed by atoms with E-state index in [9.17, 15) is 13.2 Å². The second-order valence-corrected chi connectivity index (χ2v) is 6.99. The van der Waals surface area contributed by atoms with Crippen molar-refractivity contribution in [2.75, 3.05) is 19.2 Å². The fourth-order valence-corrected chi connectivity index (χ4v) is 3.27. The Morgan fingerprint density at radius 3 is 2.72 bits per heavy atom. The largest absolute Gasteiger partial charge is 0.495 e. The molecule has 1 amide bonds. The van der Waals surface area contributed by atoms with Gasteiger partial charge in [-0.3, -0.25) is 4.79 Å². The summed E-state index contributed by atoms with van der Waals surface area (Å²) in [5.74, 6) is 0.300. The Labute approximate surface area is 148 Å². The molecule has 0 atom stereocenters. The van der Waals surface area contributed by atoms with Crippen molar-refractivity contribution in [1.29, 1.82) is 0 Å². The number of sulfonamides is 1. The Bertz CT molecular complexity index is 961. The average Bonchev–Trinajstić information content (AvgIpc) is 3.03. The molecule has 0 fully saturated rings. The number of halogens is 1. The molecule has 0 unspecified atom stereocenters. The first-order valence-corrected chi connectivity index (χ1v) is 8.83. The molecule has 0 radical (unpaired) electrons. The summed E-state index contributed by atoms with van der Waals surface area (Å²) in [4.78, 5) is 12.2. The lowest BCUT2D eigenvalue weighted by Gasteiger charge is -2.11. The normalized spacial score (nSPS) is 12.8. The monoisotopic (exact) mass is 384 g/mol. The van der Waals surface area contributed by atoms with Crippen LogP contribution in [0.15, 0.2) is 35.2 Å². The lowest BCUT2D eigenvalue weighted by molar-refractivity contribution is 0.102. The zero-order valence-electron chi connectivity index (χ0n) is 12.9. The highest BCUT2D eigenvalue weighted by Gasteiger charge is 2.21. The maximum atomic E-state index is 12.4. The van der Waals surface area contributed by atoms with Gasteiger partial charge in [-0.15, -0.1) is 0 Å². The molecule has 1 heterocycles. The second-order valence-electron chi connectivity index (χ2n) is 5.06. The third-order valence-corrected chi connectivity index (χ3v) is 4.63. The van der Waals surface area contributed by atoms with Crippen molar-refractivity contribution in [3.8, 4) is 17.2 Å². The first-order chi connectivity index (χ1) is 11.8. The van der Waals surface area contributed by atoms with Crippen molar-refractivity contribution < 1.29 is 27.4 Å². The topological polar surface area (TPSA) is 117 Å². The lowest BCUT2D eigenvalue weighted by atomic mass is 10.2. The quantitative estimate of drug-likeness (QED) is 0.832. The molecule has 0 spiro atoms. The number of fused-ring (bicyclic) bond motifs is 1. The standard InChI is InChI=1S/C15H13ClN2O6S/c1-22-11-3-2-9(6-13(11)25(17,20)21)18-15(19)8-4-10(16)14-12(5-8)23-7-24-14/h2-6H,7H2,1H3,(H,18,19)(H2,17,20,21). The molecule has 0 saturated heterocycles. The van der Waals surface area contributed by atoms with E-state index in [1.54, 1.807) is 0 Å². The van der Waals surface area contributed by atoms with Crippen LogP contribution in [0, 0.1) is 0 Å². The van der Waals surface area contributed by atoms with Crippen molar-refractivity contribution in [3.63, 3.8) is 0 Å². The summed E-state index contributed by atoms with van der Waals surface area (Å²) in [6, 6.07) is 6.99. The van der Waals surface area contributed by atoms with Gasteiger partial charge in [0.05, 0.1) is 12.1 Å². The predicted octanol–water partition coefficient (Wildman–Crippen LogP) is 1.98. The van der Waals surface area contributed by atoms with Gasteiger partial charge >= 0.3 is 0 Å². The number of amides is 1. The van der Waals surface area contributed by atoms with Gasteiger partial charge in [-0.2, -0.15) is 0 Å². The van der Waals surface area contributed by atoms with Gasteiger partial charge < -0.3 is 19.5 Å². The van der Waals surface area contributed by atoms with E-state index >= 15 is 0 Å². The molecule has 25 heavy (non-hydrogen) atoms. The number of nitrogens with one attached hydrogen (secondary N) is 1. The van der Waals surface area contributed by atoms with Gasteiger partial charge in [0.1, 0.15) is 10.6 Å². The van der Waals surface area contributed by atoms with Crippen molar-refractivity contribution >= 4 is 33.2 Å². The van der Waals surface area contributed by atoms with E-state index in [1.165, 1.54) is 37.4 Å². The highest BCUT2D eigenvalue weighted by Crippen LogP contribution is 2.40. The molecular formula is C15H13ClN2O6S. The molecule has 1 aliphatic rings. The maximum Gasteiger partial charge on any atom is 0.255 e. The summed E-state index contributed by atoms with van der Waals surface area (Å²) in [6.45, 7) is 0.0241. The summed E-state index contributed by atoms with van der Waals surface area (Å²) in [7, 11) is -2.70. The van der Waals surface area contributed by atoms with Crippen LogP contribution in [0.4, 0.5) is 5.69 Å². The average molecular weight is 385 g/mol.